The van der Waals surface area contributed by atoms with Gasteiger partial charge in [0.15, 0.2) is 0 Å². The fourth-order valence-electron chi connectivity index (χ4n) is 4.08. The lowest BCUT2D eigenvalue weighted by atomic mass is 10.1. The van der Waals surface area contributed by atoms with Gasteiger partial charge in [-0.1, -0.05) is 11.6 Å². The maximum Gasteiger partial charge on any atom is 0.258 e. The van der Waals surface area contributed by atoms with Crippen LogP contribution < -0.4 is 15.1 Å². The van der Waals surface area contributed by atoms with Gasteiger partial charge in [-0.25, -0.2) is 4.68 Å². The number of hydrogen-bond acceptors (Lipinski definition) is 6. The Kier molecular flexibility index (Phi) is 6.48. The first kappa shape index (κ1) is 21.8. The van der Waals surface area contributed by atoms with Crippen molar-refractivity contribution in [1.29, 1.82) is 0 Å². The van der Waals surface area contributed by atoms with Crippen molar-refractivity contribution in [2.75, 3.05) is 67.7 Å². The van der Waals surface area contributed by atoms with Crippen molar-refractivity contribution < 1.29 is 14.3 Å². The summed E-state index contributed by atoms with van der Waals surface area (Å²) in [4.78, 5) is 17.7. The molecule has 2 aliphatic heterocycles. The number of nitrogens with zero attached hydrogens (tertiary/aromatic N) is 4. The first-order chi connectivity index (χ1) is 16.2. The highest BCUT2D eigenvalue weighted by Gasteiger charge is 2.20. The molecule has 1 aromatic heterocycles. The van der Waals surface area contributed by atoms with Crippen LogP contribution in [0.3, 0.4) is 0 Å². The number of carbonyl (C=O) groups excluding carboxylic acids is 1. The fourth-order valence-corrected chi connectivity index (χ4v) is 4.21. The summed E-state index contributed by atoms with van der Waals surface area (Å²) < 4.78 is 12.7. The molecule has 5 rings (SSSR count). The Bertz CT molecular complexity index is 1110. The molecule has 33 heavy (non-hydrogen) atoms. The zero-order chi connectivity index (χ0) is 22.6. The normalized spacial score (nSPS) is 16.6. The number of rotatable bonds is 5. The molecule has 0 spiro atoms. The number of nitrogens with one attached hydrogen (secondary N) is 1. The SMILES string of the molecule is O=C(Nc1ccc(N2CCOCC2)cc1N1CCOCC1)c1cnn(-c2ccc(Cl)cc2)c1. The van der Waals surface area contributed by atoms with Crippen LogP contribution in [0.1, 0.15) is 10.4 Å². The van der Waals surface area contributed by atoms with Crippen molar-refractivity contribution in [3.63, 3.8) is 0 Å². The summed E-state index contributed by atoms with van der Waals surface area (Å²) in [5.74, 6) is -0.205. The van der Waals surface area contributed by atoms with E-state index < -0.39 is 0 Å². The first-order valence-electron chi connectivity index (χ1n) is 11.1. The Morgan fingerprint density at radius 1 is 0.879 bits per heavy atom. The molecule has 2 saturated heterocycles. The summed E-state index contributed by atoms with van der Waals surface area (Å²) in [7, 11) is 0. The van der Waals surface area contributed by atoms with Crippen molar-refractivity contribution in [3.05, 3.63) is 65.4 Å². The van der Waals surface area contributed by atoms with E-state index in [9.17, 15) is 4.79 Å². The van der Waals surface area contributed by atoms with Crippen LogP contribution in [0, 0.1) is 0 Å². The van der Waals surface area contributed by atoms with E-state index in [1.807, 2.05) is 18.2 Å². The third kappa shape index (κ3) is 4.98. The average Bonchev–Trinajstić information content (AvgIpc) is 3.36. The van der Waals surface area contributed by atoms with Crippen LogP contribution in [0.15, 0.2) is 54.9 Å². The van der Waals surface area contributed by atoms with Gasteiger partial charge in [0.05, 0.1) is 55.2 Å². The highest BCUT2D eigenvalue weighted by Crippen LogP contribution is 2.32. The van der Waals surface area contributed by atoms with Gasteiger partial charge in [0.2, 0.25) is 0 Å². The van der Waals surface area contributed by atoms with Gasteiger partial charge in [-0.05, 0) is 42.5 Å². The second kappa shape index (κ2) is 9.82. The van der Waals surface area contributed by atoms with Gasteiger partial charge in [-0.3, -0.25) is 4.79 Å². The highest BCUT2D eigenvalue weighted by atomic mass is 35.5. The lowest BCUT2D eigenvalue weighted by Crippen LogP contribution is -2.38. The van der Waals surface area contributed by atoms with E-state index in [-0.39, 0.29) is 5.91 Å². The number of aromatic nitrogens is 2. The first-order valence-corrected chi connectivity index (χ1v) is 11.5. The molecule has 2 aromatic carbocycles. The third-order valence-electron chi connectivity index (χ3n) is 5.89. The number of hydrogen-bond donors (Lipinski definition) is 1. The summed E-state index contributed by atoms with van der Waals surface area (Å²) in [6, 6.07) is 13.5. The minimum absolute atomic E-state index is 0.205. The zero-order valence-electron chi connectivity index (χ0n) is 18.2. The van der Waals surface area contributed by atoms with Crippen LogP contribution in [-0.2, 0) is 9.47 Å². The second-order valence-electron chi connectivity index (χ2n) is 8.00. The maximum absolute atomic E-state index is 13.1. The molecule has 9 heteroatoms. The van der Waals surface area contributed by atoms with Gasteiger partial charge in [0.1, 0.15) is 0 Å². The molecule has 0 bridgehead atoms. The van der Waals surface area contributed by atoms with E-state index in [2.05, 4.69) is 32.3 Å². The molecule has 8 nitrogen and oxygen atoms in total. The minimum Gasteiger partial charge on any atom is -0.378 e. The Labute approximate surface area is 197 Å². The smallest absolute Gasteiger partial charge is 0.258 e. The van der Waals surface area contributed by atoms with E-state index in [1.165, 1.54) is 0 Å². The Morgan fingerprint density at radius 2 is 1.52 bits per heavy atom. The molecule has 3 heterocycles. The van der Waals surface area contributed by atoms with Gasteiger partial charge < -0.3 is 24.6 Å². The standard InChI is InChI=1S/C24H26ClN5O3/c25-19-1-3-20(4-2-19)30-17-18(16-26-30)24(31)27-22-6-5-21(28-7-11-32-12-8-28)15-23(22)29-9-13-33-14-10-29/h1-6,15-17H,7-14H2,(H,27,31). The molecule has 1 amide bonds. The predicted molar refractivity (Wildman–Crippen MR) is 129 cm³/mol. The van der Waals surface area contributed by atoms with Gasteiger partial charge in [0.25, 0.3) is 5.91 Å². The monoisotopic (exact) mass is 467 g/mol. The van der Waals surface area contributed by atoms with Crippen LogP contribution >= 0.6 is 11.6 Å². The van der Waals surface area contributed by atoms with Gasteiger partial charge in [-0.15, -0.1) is 0 Å². The number of anilines is 3. The fraction of sp³-hybridized carbons (Fsp3) is 0.333. The molecule has 2 aliphatic rings. The van der Waals surface area contributed by atoms with E-state index in [4.69, 9.17) is 21.1 Å². The number of halogens is 1. The maximum atomic E-state index is 13.1. The van der Waals surface area contributed by atoms with Crippen LogP contribution in [0.2, 0.25) is 5.02 Å². The summed E-state index contributed by atoms with van der Waals surface area (Å²) in [5, 5.41) is 8.08. The summed E-state index contributed by atoms with van der Waals surface area (Å²) in [5.41, 5.74) is 4.23. The third-order valence-corrected chi connectivity index (χ3v) is 6.15. The number of amides is 1. The summed E-state index contributed by atoms with van der Waals surface area (Å²) in [6.07, 6.45) is 3.29. The number of benzene rings is 2. The molecule has 2 fully saturated rings. The largest absolute Gasteiger partial charge is 0.378 e. The number of morpholine rings is 2. The molecule has 0 atom stereocenters. The van der Waals surface area contributed by atoms with Gasteiger partial charge in [-0.2, -0.15) is 5.10 Å². The molecule has 3 aromatic rings. The minimum atomic E-state index is -0.205. The van der Waals surface area contributed by atoms with Gasteiger partial charge >= 0.3 is 0 Å². The van der Waals surface area contributed by atoms with E-state index >= 15 is 0 Å². The summed E-state index contributed by atoms with van der Waals surface area (Å²) >= 11 is 5.97. The van der Waals surface area contributed by atoms with Gasteiger partial charge in [0, 0.05) is 43.1 Å². The lowest BCUT2D eigenvalue weighted by Gasteiger charge is -2.33. The Morgan fingerprint density at radius 3 is 2.21 bits per heavy atom. The lowest BCUT2D eigenvalue weighted by molar-refractivity contribution is 0.102. The van der Waals surface area contributed by atoms with Crippen molar-refractivity contribution in [2.24, 2.45) is 0 Å². The molecule has 0 saturated carbocycles. The predicted octanol–water partition coefficient (Wildman–Crippen LogP) is 3.45. The van der Waals surface area contributed by atoms with E-state index in [0.717, 1.165) is 62.1 Å². The van der Waals surface area contributed by atoms with Crippen molar-refractivity contribution >= 4 is 34.6 Å². The average molecular weight is 468 g/mol. The number of ether oxygens (including phenoxy) is 2. The Hall–Kier alpha value is -3.07. The highest BCUT2D eigenvalue weighted by molar-refractivity contribution is 6.30. The van der Waals surface area contributed by atoms with Crippen molar-refractivity contribution in [1.82, 2.24) is 9.78 Å². The molecular weight excluding hydrogens is 442 g/mol. The van der Waals surface area contributed by atoms with Crippen LogP contribution in [0.4, 0.5) is 17.1 Å². The number of carbonyl (C=O) groups is 1. The van der Waals surface area contributed by atoms with Crippen LogP contribution in [0.25, 0.3) is 5.69 Å². The molecule has 0 radical (unpaired) electrons. The molecular formula is C24H26ClN5O3. The second-order valence-corrected chi connectivity index (χ2v) is 8.44. The quantitative estimate of drug-likeness (QED) is 0.619. The Balaban J connectivity index is 1.38. The molecule has 0 aliphatic carbocycles. The summed E-state index contributed by atoms with van der Waals surface area (Å²) in [6.45, 7) is 6.07. The van der Waals surface area contributed by atoms with E-state index in [0.29, 0.717) is 23.8 Å². The zero-order valence-corrected chi connectivity index (χ0v) is 19.0. The topological polar surface area (TPSA) is 71.9 Å². The van der Waals surface area contributed by atoms with Crippen LogP contribution in [0.5, 0.6) is 0 Å². The molecule has 0 unspecified atom stereocenters. The van der Waals surface area contributed by atoms with E-state index in [1.54, 1.807) is 29.2 Å². The molecule has 172 valence electrons. The molecule has 1 N–H and O–H groups in total. The van der Waals surface area contributed by atoms with Crippen molar-refractivity contribution in [2.45, 2.75) is 0 Å². The van der Waals surface area contributed by atoms with Crippen LogP contribution in [-0.4, -0.2) is 68.3 Å². The van der Waals surface area contributed by atoms with Crippen molar-refractivity contribution in [3.8, 4) is 5.69 Å².